The summed E-state index contributed by atoms with van der Waals surface area (Å²) in [6, 6.07) is 4.46. The molecule has 1 N–H and O–H groups in total. The summed E-state index contributed by atoms with van der Waals surface area (Å²) in [6.07, 6.45) is 1.95. The highest BCUT2D eigenvalue weighted by Gasteiger charge is 2.18. The topological polar surface area (TPSA) is 71.2 Å². The Morgan fingerprint density at radius 3 is 2.76 bits per heavy atom. The van der Waals surface area contributed by atoms with Gasteiger partial charge in [0.15, 0.2) is 0 Å². The fourth-order valence-corrected chi connectivity index (χ4v) is 2.13. The summed E-state index contributed by atoms with van der Waals surface area (Å²) in [5.74, 6) is -0.396. The first kappa shape index (κ1) is 15.0. The Morgan fingerprint density at radius 1 is 1.43 bits per heavy atom. The number of pyridine rings is 1. The molecule has 7 heteroatoms. The zero-order valence-corrected chi connectivity index (χ0v) is 11.9. The summed E-state index contributed by atoms with van der Waals surface area (Å²) in [6.45, 7) is 4.49. The van der Waals surface area contributed by atoms with Gasteiger partial charge in [0, 0.05) is 12.7 Å². The molecular weight excluding hydrogens is 275 g/mol. The van der Waals surface area contributed by atoms with Gasteiger partial charge in [-0.05, 0) is 32.0 Å². The minimum atomic E-state index is -0.947. The van der Waals surface area contributed by atoms with Crippen molar-refractivity contribution in [3.63, 3.8) is 0 Å². The maximum absolute atomic E-state index is 12.8. The average Bonchev–Trinajstić information content (AvgIpc) is 2.88. The first-order chi connectivity index (χ1) is 10.0. The molecule has 2 heterocycles. The predicted molar refractivity (Wildman–Crippen MR) is 75.3 cm³/mol. The van der Waals surface area contributed by atoms with Gasteiger partial charge in [-0.25, -0.2) is 9.18 Å². The Labute approximate surface area is 121 Å². The number of hydrogen-bond donors (Lipinski definition) is 1. The van der Waals surface area contributed by atoms with Crippen LogP contribution in [0.3, 0.4) is 0 Å². The van der Waals surface area contributed by atoms with E-state index in [2.05, 4.69) is 10.1 Å². The SMILES string of the molecule is CCN(C(=O)O)[C@H](C)Cn1ccc(-c2ccc(F)cn2)n1. The van der Waals surface area contributed by atoms with E-state index in [0.717, 1.165) is 6.20 Å². The number of carboxylic acid groups (broad SMARTS) is 1. The molecule has 0 aliphatic rings. The molecule has 0 spiro atoms. The molecule has 1 amide bonds. The van der Waals surface area contributed by atoms with Crippen LogP contribution in [0.15, 0.2) is 30.6 Å². The van der Waals surface area contributed by atoms with Crippen molar-refractivity contribution >= 4 is 6.09 Å². The molecule has 6 nitrogen and oxygen atoms in total. The van der Waals surface area contributed by atoms with Gasteiger partial charge >= 0.3 is 6.09 Å². The van der Waals surface area contributed by atoms with Crippen molar-refractivity contribution in [2.45, 2.75) is 26.4 Å². The van der Waals surface area contributed by atoms with Crippen LogP contribution in [0.1, 0.15) is 13.8 Å². The quantitative estimate of drug-likeness (QED) is 0.919. The Morgan fingerprint density at radius 2 is 2.19 bits per heavy atom. The molecule has 112 valence electrons. The lowest BCUT2D eigenvalue weighted by molar-refractivity contribution is 0.125. The second-order valence-corrected chi connectivity index (χ2v) is 4.70. The van der Waals surface area contributed by atoms with Crippen molar-refractivity contribution < 1.29 is 14.3 Å². The number of likely N-dealkylation sites (N-methyl/N-ethyl adjacent to an activating group) is 1. The Balaban J connectivity index is 2.09. The molecule has 0 aliphatic heterocycles. The fourth-order valence-electron chi connectivity index (χ4n) is 2.13. The smallest absolute Gasteiger partial charge is 0.407 e. The number of hydrogen-bond acceptors (Lipinski definition) is 3. The molecule has 0 fully saturated rings. The van der Waals surface area contributed by atoms with E-state index in [-0.39, 0.29) is 6.04 Å². The summed E-state index contributed by atoms with van der Waals surface area (Å²) in [4.78, 5) is 16.4. The number of aromatic nitrogens is 3. The minimum absolute atomic E-state index is 0.193. The van der Waals surface area contributed by atoms with Gasteiger partial charge in [0.1, 0.15) is 11.5 Å². The van der Waals surface area contributed by atoms with E-state index in [1.807, 2.05) is 6.92 Å². The number of nitrogens with zero attached hydrogens (tertiary/aromatic N) is 4. The van der Waals surface area contributed by atoms with E-state index in [9.17, 15) is 9.18 Å². The van der Waals surface area contributed by atoms with Crippen LogP contribution < -0.4 is 0 Å². The van der Waals surface area contributed by atoms with Crippen LogP contribution in [0, 0.1) is 5.82 Å². The normalized spacial score (nSPS) is 12.1. The van der Waals surface area contributed by atoms with Crippen LogP contribution in [-0.2, 0) is 6.54 Å². The summed E-state index contributed by atoms with van der Waals surface area (Å²) >= 11 is 0. The number of rotatable bonds is 5. The molecule has 0 aromatic carbocycles. The Kier molecular flexibility index (Phi) is 4.52. The molecular formula is C14H17FN4O2. The lowest BCUT2D eigenvalue weighted by Crippen LogP contribution is -2.39. The second-order valence-electron chi connectivity index (χ2n) is 4.70. The highest BCUT2D eigenvalue weighted by Crippen LogP contribution is 2.14. The standard InChI is InChI=1S/C14H17FN4O2/c1-3-19(14(20)21)10(2)9-18-7-6-13(17-18)12-5-4-11(15)8-16-12/h4-8,10H,3,9H2,1-2H3,(H,20,21)/t10-/m1/s1. The molecule has 1 atom stereocenters. The van der Waals surface area contributed by atoms with Crippen LogP contribution in [0.5, 0.6) is 0 Å². The van der Waals surface area contributed by atoms with Crippen LogP contribution in [0.2, 0.25) is 0 Å². The van der Waals surface area contributed by atoms with Crippen LogP contribution in [0.4, 0.5) is 9.18 Å². The summed E-state index contributed by atoms with van der Waals surface area (Å²) < 4.78 is 14.5. The molecule has 0 saturated carbocycles. The number of amides is 1. The van der Waals surface area contributed by atoms with Gasteiger partial charge in [0.05, 0.1) is 24.5 Å². The number of halogens is 1. The van der Waals surface area contributed by atoms with Gasteiger partial charge in [-0.2, -0.15) is 5.10 Å². The van der Waals surface area contributed by atoms with Gasteiger partial charge in [0.25, 0.3) is 0 Å². The van der Waals surface area contributed by atoms with Gasteiger partial charge in [-0.3, -0.25) is 9.67 Å². The van der Waals surface area contributed by atoms with Gasteiger partial charge in [0.2, 0.25) is 0 Å². The van der Waals surface area contributed by atoms with Crippen molar-refractivity contribution in [1.29, 1.82) is 0 Å². The van der Waals surface area contributed by atoms with Crippen molar-refractivity contribution in [2.75, 3.05) is 6.54 Å². The van der Waals surface area contributed by atoms with Crippen molar-refractivity contribution in [1.82, 2.24) is 19.7 Å². The van der Waals surface area contributed by atoms with Crippen molar-refractivity contribution in [3.05, 3.63) is 36.4 Å². The van der Waals surface area contributed by atoms with Crippen LogP contribution >= 0.6 is 0 Å². The van der Waals surface area contributed by atoms with Gasteiger partial charge in [-0.15, -0.1) is 0 Å². The largest absolute Gasteiger partial charge is 0.465 e. The molecule has 0 saturated heterocycles. The average molecular weight is 292 g/mol. The first-order valence-electron chi connectivity index (χ1n) is 6.66. The molecule has 0 aliphatic carbocycles. The zero-order valence-electron chi connectivity index (χ0n) is 11.9. The molecule has 2 rings (SSSR count). The highest BCUT2D eigenvalue weighted by atomic mass is 19.1. The highest BCUT2D eigenvalue weighted by molar-refractivity contribution is 5.65. The Bertz CT molecular complexity index is 612. The summed E-state index contributed by atoms with van der Waals surface area (Å²) in [7, 11) is 0. The third-order valence-electron chi connectivity index (χ3n) is 3.20. The van der Waals surface area contributed by atoms with E-state index in [1.54, 1.807) is 29.9 Å². The van der Waals surface area contributed by atoms with Crippen molar-refractivity contribution in [2.24, 2.45) is 0 Å². The third-order valence-corrected chi connectivity index (χ3v) is 3.20. The molecule has 21 heavy (non-hydrogen) atoms. The zero-order chi connectivity index (χ0) is 15.4. The van der Waals surface area contributed by atoms with Crippen LogP contribution in [-0.4, -0.2) is 43.5 Å². The van der Waals surface area contributed by atoms with Gasteiger partial charge < -0.3 is 10.0 Å². The van der Waals surface area contributed by atoms with Crippen LogP contribution in [0.25, 0.3) is 11.4 Å². The Hall–Kier alpha value is -2.44. The lowest BCUT2D eigenvalue weighted by atomic mass is 10.3. The van der Waals surface area contributed by atoms with Gasteiger partial charge in [-0.1, -0.05) is 0 Å². The van der Waals surface area contributed by atoms with E-state index in [1.165, 1.54) is 11.0 Å². The maximum atomic E-state index is 12.8. The minimum Gasteiger partial charge on any atom is -0.465 e. The molecule has 0 radical (unpaired) electrons. The number of carbonyl (C=O) groups is 1. The van der Waals surface area contributed by atoms with Crippen molar-refractivity contribution in [3.8, 4) is 11.4 Å². The molecule has 2 aromatic heterocycles. The second kappa shape index (κ2) is 6.34. The monoisotopic (exact) mass is 292 g/mol. The first-order valence-corrected chi connectivity index (χ1v) is 6.66. The molecule has 0 unspecified atom stereocenters. The van der Waals surface area contributed by atoms with E-state index >= 15 is 0 Å². The molecule has 2 aromatic rings. The predicted octanol–water partition coefficient (Wildman–Crippen LogP) is 2.47. The maximum Gasteiger partial charge on any atom is 0.407 e. The fraction of sp³-hybridized carbons (Fsp3) is 0.357. The van der Waals surface area contributed by atoms with E-state index in [0.29, 0.717) is 24.5 Å². The molecule has 0 bridgehead atoms. The van der Waals surface area contributed by atoms with E-state index < -0.39 is 11.9 Å². The van der Waals surface area contributed by atoms with E-state index in [4.69, 9.17) is 5.11 Å². The summed E-state index contributed by atoms with van der Waals surface area (Å²) in [5.41, 5.74) is 1.20. The third kappa shape index (κ3) is 3.56. The lowest BCUT2D eigenvalue weighted by Gasteiger charge is -2.24. The summed E-state index contributed by atoms with van der Waals surface area (Å²) in [5, 5.41) is 13.4.